The summed E-state index contributed by atoms with van der Waals surface area (Å²) >= 11 is 2.16. The summed E-state index contributed by atoms with van der Waals surface area (Å²) in [5.41, 5.74) is 7.16. The van der Waals surface area contributed by atoms with Crippen molar-refractivity contribution in [2.45, 2.75) is 13.5 Å². The molecule has 0 saturated heterocycles. The second kappa shape index (κ2) is 3.09. The molecule has 0 bridgehead atoms. The van der Waals surface area contributed by atoms with Gasteiger partial charge in [-0.3, -0.25) is 0 Å². The van der Waals surface area contributed by atoms with E-state index in [0.29, 0.717) is 11.3 Å². The molecule has 0 amide bonds. The highest BCUT2D eigenvalue weighted by molar-refractivity contribution is 14.1. The molecule has 0 saturated carbocycles. The van der Waals surface area contributed by atoms with Crippen LogP contribution in [0.1, 0.15) is 6.92 Å². The lowest BCUT2D eigenvalue weighted by molar-refractivity contribution is 0.754. The third-order valence-corrected chi connectivity index (χ3v) is 2.65. The van der Waals surface area contributed by atoms with Gasteiger partial charge in [-0.25, -0.2) is 15.0 Å². The van der Waals surface area contributed by atoms with Crippen LogP contribution in [0.15, 0.2) is 6.33 Å². The fourth-order valence-electron chi connectivity index (χ4n) is 1.21. The van der Waals surface area contributed by atoms with Gasteiger partial charge in [0.1, 0.15) is 6.33 Å². The predicted octanol–water partition coefficient (Wildman–Crippen LogP) is 1.03. The maximum absolute atomic E-state index is 5.66. The summed E-state index contributed by atoms with van der Waals surface area (Å²) in [5.74, 6) is 0.440. The number of hydrogen-bond donors (Lipinski definition) is 1. The highest BCUT2D eigenvalue weighted by Gasteiger charge is 2.10. The summed E-state index contributed by atoms with van der Waals surface area (Å²) < 4.78 is 2.88. The smallest absolute Gasteiger partial charge is 0.173 e. The summed E-state index contributed by atoms with van der Waals surface area (Å²) in [6, 6.07) is 0. The molecule has 0 aliphatic rings. The van der Waals surface area contributed by atoms with Gasteiger partial charge in [0, 0.05) is 29.1 Å². The van der Waals surface area contributed by atoms with Gasteiger partial charge in [-0.05, 0) is 6.92 Å². The third-order valence-electron chi connectivity index (χ3n) is 1.83. The minimum Gasteiger partial charge on any atom is -0.382 e. The summed E-state index contributed by atoms with van der Waals surface area (Å²) in [4.78, 5) is 12.3. The summed E-state index contributed by atoms with van der Waals surface area (Å²) in [7, 11) is 0. The van der Waals surface area contributed by atoms with E-state index in [9.17, 15) is 0 Å². The number of imidazole rings is 1. The first-order chi connectivity index (χ1) is 6.24. The van der Waals surface area contributed by atoms with Crippen molar-refractivity contribution >= 4 is 39.6 Å². The summed E-state index contributed by atoms with van der Waals surface area (Å²) in [6.45, 7) is 2.88. The lowest BCUT2D eigenvalue weighted by Gasteiger charge is -1.98. The normalized spacial score (nSPS) is 10.9. The van der Waals surface area contributed by atoms with E-state index >= 15 is 0 Å². The van der Waals surface area contributed by atoms with E-state index in [2.05, 4.69) is 37.5 Å². The molecule has 2 rings (SSSR count). The standard InChI is InChI=1S/C7H8IN5/c1-2-13-6-4(12-7(13)8)5(9)10-3-11-6/h3H,2H2,1H3,(H2,9,10,11). The first-order valence-corrected chi connectivity index (χ1v) is 4.94. The van der Waals surface area contributed by atoms with Crippen LogP contribution >= 0.6 is 22.6 Å². The molecule has 2 heterocycles. The van der Waals surface area contributed by atoms with Crippen LogP contribution in [0.4, 0.5) is 5.82 Å². The number of hydrogen-bond acceptors (Lipinski definition) is 4. The average Bonchev–Trinajstić information content (AvgIpc) is 2.43. The molecule has 0 aromatic carbocycles. The molecule has 0 unspecified atom stereocenters. The number of halogens is 1. The Labute approximate surface area is 88.5 Å². The molecular weight excluding hydrogens is 281 g/mol. The van der Waals surface area contributed by atoms with Crippen molar-refractivity contribution in [2.75, 3.05) is 5.73 Å². The van der Waals surface area contributed by atoms with Gasteiger partial charge in [0.25, 0.3) is 0 Å². The van der Waals surface area contributed by atoms with Gasteiger partial charge in [-0.15, -0.1) is 0 Å². The van der Waals surface area contributed by atoms with Crippen LogP contribution in [-0.2, 0) is 6.54 Å². The van der Waals surface area contributed by atoms with Crippen LogP contribution in [-0.4, -0.2) is 19.5 Å². The van der Waals surface area contributed by atoms with Crippen LogP contribution in [0, 0.1) is 3.83 Å². The molecule has 2 aromatic heterocycles. The number of anilines is 1. The molecular formula is C7H8IN5. The zero-order chi connectivity index (χ0) is 9.42. The number of nitrogens with zero attached hydrogens (tertiary/aromatic N) is 4. The van der Waals surface area contributed by atoms with Crippen molar-refractivity contribution in [3.05, 3.63) is 10.2 Å². The van der Waals surface area contributed by atoms with Crippen LogP contribution in [0.2, 0.25) is 0 Å². The molecule has 0 radical (unpaired) electrons. The Morgan fingerprint density at radius 1 is 1.54 bits per heavy atom. The predicted molar refractivity (Wildman–Crippen MR) is 58.1 cm³/mol. The molecule has 0 aliphatic carbocycles. The maximum atomic E-state index is 5.66. The van der Waals surface area contributed by atoms with Crippen molar-refractivity contribution in [2.24, 2.45) is 0 Å². The Morgan fingerprint density at radius 2 is 2.31 bits per heavy atom. The van der Waals surface area contributed by atoms with Gasteiger partial charge in [0.15, 0.2) is 20.8 Å². The Hall–Kier alpha value is -0.920. The molecule has 6 heteroatoms. The minimum atomic E-state index is 0.440. The Bertz CT molecular complexity index is 449. The summed E-state index contributed by atoms with van der Waals surface area (Å²) in [5, 5.41) is 0. The fraction of sp³-hybridized carbons (Fsp3) is 0.286. The highest BCUT2D eigenvalue weighted by Crippen LogP contribution is 2.18. The lowest BCUT2D eigenvalue weighted by atomic mass is 10.5. The van der Waals surface area contributed by atoms with Gasteiger partial charge < -0.3 is 10.3 Å². The SMILES string of the molecule is CCn1c(I)nc2c(N)ncnc21. The second-order valence-electron chi connectivity index (χ2n) is 2.56. The highest BCUT2D eigenvalue weighted by atomic mass is 127. The van der Waals surface area contributed by atoms with Gasteiger partial charge in [0.05, 0.1) is 0 Å². The zero-order valence-corrected chi connectivity index (χ0v) is 9.19. The molecule has 0 spiro atoms. The third kappa shape index (κ3) is 1.25. The molecule has 2 aromatic rings. The Morgan fingerprint density at radius 3 is 3.00 bits per heavy atom. The van der Waals surface area contributed by atoms with Gasteiger partial charge in [-0.2, -0.15) is 0 Å². The average molecular weight is 289 g/mol. The van der Waals surface area contributed by atoms with Gasteiger partial charge in [-0.1, -0.05) is 0 Å². The number of rotatable bonds is 1. The van der Waals surface area contributed by atoms with E-state index in [-0.39, 0.29) is 0 Å². The summed E-state index contributed by atoms with van der Waals surface area (Å²) in [6.07, 6.45) is 1.46. The van der Waals surface area contributed by atoms with Crippen LogP contribution < -0.4 is 5.73 Å². The van der Waals surface area contributed by atoms with Crippen LogP contribution in [0.25, 0.3) is 11.2 Å². The van der Waals surface area contributed by atoms with Crippen LogP contribution in [0.5, 0.6) is 0 Å². The number of fused-ring (bicyclic) bond motifs is 1. The van der Waals surface area contributed by atoms with Crippen molar-refractivity contribution < 1.29 is 0 Å². The van der Waals surface area contributed by atoms with E-state index < -0.39 is 0 Å². The molecule has 0 atom stereocenters. The van der Waals surface area contributed by atoms with Crippen molar-refractivity contribution in [1.82, 2.24) is 19.5 Å². The number of aryl methyl sites for hydroxylation is 1. The van der Waals surface area contributed by atoms with Crippen molar-refractivity contribution in [3.63, 3.8) is 0 Å². The number of aromatic nitrogens is 4. The molecule has 0 aliphatic heterocycles. The van der Waals surface area contributed by atoms with E-state index in [0.717, 1.165) is 16.0 Å². The van der Waals surface area contributed by atoms with Crippen LogP contribution in [0.3, 0.4) is 0 Å². The fourth-order valence-corrected chi connectivity index (χ4v) is 2.02. The largest absolute Gasteiger partial charge is 0.382 e. The minimum absolute atomic E-state index is 0.440. The van der Waals surface area contributed by atoms with E-state index in [4.69, 9.17) is 5.73 Å². The topological polar surface area (TPSA) is 69.6 Å². The second-order valence-corrected chi connectivity index (χ2v) is 3.52. The van der Waals surface area contributed by atoms with Gasteiger partial charge >= 0.3 is 0 Å². The molecule has 0 fully saturated rings. The maximum Gasteiger partial charge on any atom is 0.173 e. The number of nitrogen functional groups attached to an aromatic ring is 1. The molecule has 2 N–H and O–H groups in total. The Kier molecular flexibility index (Phi) is 2.06. The first-order valence-electron chi connectivity index (χ1n) is 3.86. The van der Waals surface area contributed by atoms with Crippen molar-refractivity contribution in [3.8, 4) is 0 Å². The zero-order valence-electron chi connectivity index (χ0n) is 7.03. The van der Waals surface area contributed by atoms with Gasteiger partial charge in [0.2, 0.25) is 0 Å². The molecule has 13 heavy (non-hydrogen) atoms. The quantitative estimate of drug-likeness (QED) is 0.629. The van der Waals surface area contributed by atoms with Crippen molar-refractivity contribution in [1.29, 1.82) is 0 Å². The van der Waals surface area contributed by atoms with E-state index in [1.54, 1.807) is 0 Å². The Balaban J connectivity index is 2.86. The lowest BCUT2D eigenvalue weighted by Crippen LogP contribution is -1.98. The molecule has 68 valence electrons. The number of nitrogens with two attached hydrogens (primary N) is 1. The van der Waals surface area contributed by atoms with E-state index in [1.807, 2.05) is 11.5 Å². The first kappa shape index (κ1) is 8.67. The molecule has 5 nitrogen and oxygen atoms in total. The monoisotopic (exact) mass is 289 g/mol. The van der Waals surface area contributed by atoms with E-state index in [1.165, 1.54) is 6.33 Å².